The smallest absolute Gasteiger partial charge is 1.00 e. The van der Waals surface area contributed by atoms with Crippen molar-refractivity contribution in [3.63, 3.8) is 0 Å². The van der Waals surface area contributed by atoms with Crippen LogP contribution in [0.15, 0.2) is 84.9 Å². The summed E-state index contributed by atoms with van der Waals surface area (Å²) in [5.41, 5.74) is 7.80. The number of ether oxygens (including phenoxy) is 1. The molecule has 7 rings (SSSR count). The SMILES string of the molecule is Ic1ccc2c3c1C([C-]=C3)c1cccc(c1)O2.Ic1cccc2c1C(c1ccccc1)[C-]=C2.[Cl-].[Cl-].[Zr+4]. The molecule has 1 heterocycles. The number of rotatable bonds is 1. The summed E-state index contributed by atoms with van der Waals surface area (Å²) in [7, 11) is 0. The van der Waals surface area contributed by atoms with Gasteiger partial charge >= 0.3 is 26.2 Å². The van der Waals surface area contributed by atoms with Crippen LogP contribution >= 0.6 is 45.2 Å². The van der Waals surface area contributed by atoms with E-state index in [1.165, 1.54) is 40.5 Å². The molecule has 0 amide bonds. The normalized spacial score (nSPS) is 16.5. The fraction of sp³-hybridized carbons (Fsp3) is 0.0667. The van der Waals surface area contributed by atoms with Crippen molar-refractivity contribution in [2.45, 2.75) is 11.8 Å². The van der Waals surface area contributed by atoms with Gasteiger partial charge in [0.15, 0.2) is 0 Å². The third-order valence-electron chi connectivity index (χ3n) is 6.21. The first kappa shape index (κ1) is 29.6. The molecule has 1 aliphatic heterocycles. The zero-order chi connectivity index (χ0) is 22.4. The number of hydrogen-bond donors (Lipinski definition) is 0. The molecule has 2 unspecified atom stereocenters. The summed E-state index contributed by atoms with van der Waals surface area (Å²) in [4.78, 5) is 0. The van der Waals surface area contributed by atoms with Gasteiger partial charge in [-0.15, -0.1) is 22.8 Å². The summed E-state index contributed by atoms with van der Waals surface area (Å²) in [5.74, 6) is 2.43. The van der Waals surface area contributed by atoms with Crippen molar-refractivity contribution < 1.29 is 55.8 Å². The first-order valence-corrected chi connectivity index (χ1v) is 13.0. The van der Waals surface area contributed by atoms with Crippen LogP contribution in [0.2, 0.25) is 0 Å². The van der Waals surface area contributed by atoms with E-state index in [0.29, 0.717) is 5.92 Å². The van der Waals surface area contributed by atoms with E-state index in [4.69, 9.17) is 4.74 Å². The molecule has 0 spiro atoms. The summed E-state index contributed by atoms with van der Waals surface area (Å²) >= 11 is 4.80. The Morgan fingerprint density at radius 3 is 2.11 bits per heavy atom. The molecule has 2 aliphatic carbocycles. The molecule has 0 fully saturated rings. The van der Waals surface area contributed by atoms with Crippen molar-refractivity contribution in [3.8, 4) is 11.5 Å². The van der Waals surface area contributed by atoms with E-state index in [1.54, 1.807) is 0 Å². The summed E-state index contributed by atoms with van der Waals surface area (Å²) < 4.78 is 8.53. The molecular weight excluding hydrogens is 792 g/mol. The van der Waals surface area contributed by atoms with Crippen LogP contribution in [-0.2, 0) is 26.2 Å². The standard InChI is InChI=1S/C15H8IO.C15H10I.2ClH.Zr/c16-13-6-7-14-12-5-4-11(15(12)13)9-2-1-3-10(8-9)17-14;16-14-8-4-7-12-9-10-13(15(12)14)11-5-2-1-3-6-11;;;/h1-3,5-8,11H;1-9,13H;2*1H;/q2*-1;;;+4/p-2. The van der Waals surface area contributed by atoms with Crippen LogP contribution < -0.4 is 29.6 Å². The molecule has 6 heteroatoms. The maximum atomic E-state index is 5.93. The number of fused-ring (bicyclic) bond motifs is 4. The van der Waals surface area contributed by atoms with Gasteiger partial charge in [-0.3, -0.25) is 12.2 Å². The fourth-order valence-corrected chi connectivity index (χ4v) is 6.28. The Balaban J connectivity index is 0.000000185. The number of benzene rings is 4. The molecule has 1 nitrogen and oxygen atoms in total. The monoisotopic (exact) mass is 808 g/mol. The quantitative estimate of drug-likeness (QED) is 0.213. The van der Waals surface area contributed by atoms with E-state index in [-0.39, 0.29) is 56.9 Å². The van der Waals surface area contributed by atoms with Crippen LogP contribution in [0.1, 0.15) is 45.2 Å². The van der Waals surface area contributed by atoms with Gasteiger partial charge in [-0.25, -0.2) is 12.2 Å². The molecule has 0 radical (unpaired) electrons. The molecule has 0 N–H and O–H groups in total. The van der Waals surface area contributed by atoms with Gasteiger partial charge in [-0.1, -0.05) is 77.6 Å². The average molecular weight is 810 g/mol. The Morgan fingerprint density at radius 2 is 1.31 bits per heavy atom. The van der Waals surface area contributed by atoms with E-state index in [1.807, 2.05) is 18.2 Å². The third-order valence-corrected chi connectivity index (χ3v) is 8.09. The van der Waals surface area contributed by atoms with Crippen molar-refractivity contribution in [1.82, 2.24) is 0 Å². The third kappa shape index (κ3) is 5.59. The number of allylic oxidation sites excluding steroid dienone is 2. The average Bonchev–Trinajstić information content (AvgIpc) is 3.49. The topological polar surface area (TPSA) is 9.23 Å². The summed E-state index contributed by atoms with van der Waals surface area (Å²) in [6.45, 7) is 0. The molecule has 2 atom stereocenters. The van der Waals surface area contributed by atoms with Gasteiger partial charge in [0, 0.05) is 0 Å². The Morgan fingerprint density at radius 1 is 0.639 bits per heavy atom. The number of hydrogen-bond acceptors (Lipinski definition) is 1. The van der Waals surface area contributed by atoms with Crippen molar-refractivity contribution >= 4 is 57.3 Å². The van der Waals surface area contributed by atoms with Gasteiger partial charge in [0.05, 0.1) is 5.75 Å². The first-order valence-electron chi connectivity index (χ1n) is 10.8. The minimum Gasteiger partial charge on any atom is -1.00 e. The molecule has 3 aliphatic rings. The van der Waals surface area contributed by atoms with Gasteiger partial charge in [0.25, 0.3) is 0 Å². The largest absolute Gasteiger partial charge is 4.00 e. The Hall–Kier alpha value is -0.917. The summed E-state index contributed by atoms with van der Waals surface area (Å²) in [5, 5.41) is 0. The maximum absolute atomic E-state index is 5.93. The molecule has 0 saturated carbocycles. The van der Waals surface area contributed by atoms with Gasteiger partial charge in [0.2, 0.25) is 0 Å². The molecule has 6 bridgehead atoms. The molecule has 4 aromatic carbocycles. The Bertz CT molecular complexity index is 1440. The van der Waals surface area contributed by atoms with Crippen LogP contribution in [0.3, 0.4) is 0 Å². The van der Waals surface area contributed by atoms with E-state index in [0.717, 1.165) is 11.5 Å². The molecule has 0 saturated heterocycles. The minimum atomic E-state index is 0. The van der Waals surface area contributed by atoms with Crippen molar-refractivity contribution in [2.75, 3.05) is 0 Å². The Labute approximate surface area is 271 Å². The van der Waals surface area contributed by atoms with Gasteiger partial charge in [-0.2, -0.15) is 5.56 Å². The second kappa shape index (κ2) is 12.8. The zero-order valence-electron chi connectivity index (χ0n) is 18.8. The predicted octanol–water partition coefficient (Wildman–Crippen LogP) is 2.62. The van der Waals surface area contributed by atoms with Crippen molar-refractivity contribution in [2.24, 2.45) is 0 Å². The van der Waals surface area contributed by atoms with Crippen LogP contribution in [0.4, 0.5) is 0 Å². The van der Waals surface area contributed by atoms with E-state index >= 15 is 0 Å². The minimum absolute atomic E-state index is 0. The number of halogens is 4. The van der Waals surface area contributed by atoms with Gasteiger partial charge < -0.3 is 29.6 Å². The predicted molar refractivity (Wildman–Crippen MR) is 150 cm³/mol. The zero-order valence-corrected chi connectivity index (χ0v) is 27.1. The Kier molecular flexibility index (Phi) is 10.5. The second-order valence-electron chi connectivity index (χ2n) is 8.19. The first-order chi connectivity index (χ1) is 16.2. The molecule has 176 valence electrons. The molecule has 36 heavy (non-hydrogen) atoms. The van der Waals surface area contributed by atoms with Crippen molar-refractivity contribution in [1.29, 1.82) is 0 Å². The van der Waals surface area contributed by atoms with Gasteiger partial charge in [0.1, 0.15) is 5.75 Å². The van der Waals surface area contributed by atoms with E-state index in [2.05, 4.69) is 136 Å². The molecule has 4 aromatic rings. The molecular formula is C30H18Cl2I2OZr. The van der Waals surface area contributed by atoms with Crippen molar-refractivity contribution in [3.05, 3.63) is 138 Å². The fourth-order valence-electron chi connectivity index (χ4n) is 4.67. The van der Waals surface area contributed by atoms with Crippen LogP contribution in [0.5, 0.6) is 11.5 Å². The summed E-state index contributed by atoms with van der Waals surface area (Å²) in [6, 6.07) is 29.4. The van der Waals surface area contributed by atoms with Crippen LogP contribution in [-0.4, -0.2) is 0 Å². The van der Waals surface area contributed by atoms with E-state index in [9.17, 15) is 0 Å². The maximum Gasteiger partial charge on any atom is 4.00 e. The van der Waals surface area contributed by atoms with Crippen LogP contribution in [0.25, 0.3) is 12.2 Å². The summed E-state index contributed by atoms with van der Waals surface area (Å²) in [6.07, 6.45) is 11.1. The second-order valence-corrected chi connectivity index (χ2v) is 10.5. The van der Waals surface area contributed by atoms with Crippen LogP contribution in [0, 0.1) is 19.3 Å². The van der Waals surface area contributed by atoms with Gasteiger partial charge in [-0.05, 0) is 76.6 Å². The van der Waals surface area contributed by atoms with E-state index < -0.39 is 0 Å². The molecule has 0 aromatic heterocycles.